The van der Waals surface area contributed by atoms with Crippen molar-refractivity contribution in [1.82, 2.24) is 10.3 Å². The molecule has 1 aromatic rings. The molecule has 0 spiro atoms. The van der Waals surface area contributed by atoms with Crippen molar-refractivity contribution in [3.63, 3.8) is 0 Å². The molecular weight excluding hydrogens is 314 g/mol. The van der Waals surface area contributed by atoms with Crippen LogP contribution in [0.15, 0.2) is 12.3 Å². The van der Waals surface area contributed by atoms with Crippen LogP contribution in [0.1, 0.15) is 28.6 Å². The van der Waals surface area contributed by atoms with E-state index in [1.54, 1.807) is 7.05 Å². The van der Waals surface area contributed by atoms with Gasteiger partial charge in [-0.25, -0.2) is 0 Å². The van der Waals surface area contributed by atoms with Crippen molar-refractivity contribution in [2.45, 2.75) is 22.4 Å². The van der Waals surface area contributed by atoms with Gasteiger partial charge in [-0.1, -0.05) is 34.8 Å². The SMILES string of the molecule is CNCCC(O)C(O)c1c[nH]c(C(=O)C(Cl)(Cl)Cl)c1. The molecule has 0 saturated carbocycles. The Hall–Kier alpha value is -0.300. The standard InChI is InChI=1S/C11H15Cl3N2O3/c1-15-3-2-8(17)9(18)6-4-7(16-5-6)10(19)11(12,13)14/h4-5,8-9,15-18H,2-3H2,1H3. The predicted octanol–water partition coefficient (Wildman–Crippen LogP) is 1.57. The summed E-state index contributed by atoms with van der Waals surface area (Å²) in [5.74, 6) is -0.722. The third-order valence-electron chi connectivity index (χ3n) is 2.60. The number of hydrogen-bond acceptors (Lipinski definition) is 4. The lowest BCUT2D eigenvalue weighted by Crippen LogP contribution is -2.23. The van der Waals surface area contributed by atoms with Gasteiger partial charge >= 0.3 is 0 Å². The fraction of sp³-hybridized carbons (Fsp3) is 0.545. The molecule has 1 aromatic heterocycles. The number of carbonyl (C=O) groups is 1. The zero-order valence-electron chi connectivity index (χ0n) is 10.2. The van der Waals surface area contributed by atoms with Gasteiger partial charge < -0.3 is 20.5 Å². The van der Waals surface area contributed by atoms with Crippen LogP contribution in [0.25, 0.3) is 0 Å². The summed E-state index contributed by atoms with van der Waals surface area (Å²) in [6.45, 7) is 0.558. The number of carbonyl (C=O) groups excluding carboxylic acids is 1. The Morgan fingerprint density at radius 3 is 2.63 bits per heavy atom. The average Bonchev–Trinajstić information content (AvgIpc) is 2.82. The highest BCUT2D eigenvalue weighted by molar-refractivity contribution is 6.77. The molecule has 2 atom stereocenters. The molecule has 0 aliphatic heterocycles. The monoisotopic (exact) mass is 328 g/mol. The first-order valence-corrected chi connectivity index (χ1v) is 6.71. The van der Waals surface area contributed by atoms with Crippen molar-refractivity contribution in [3.05, 3.63) is 23.5 Å². The number of nitrogens with one attached hydrogen (secondary N) is 2. The van der Waals surface area contributed by atoms with E-state index in [0.29, 0.717) is 18.5 Å². The van der Waals surface area contributed by atoms with E-state index in [2.05, 4.69) is 10.3 Å². The maximum Gasteiger partial charge on any atom is 0.254 e. The van der Waals surface area contributed by atoms with Gasteiger partial charge in [0.2, 0.25) is 5.78 Å². The van der Waals surface area contributed by atoms with Crippen LogP contribution >= 0.6 is 34.8 Å². The van der Waals surface area contributed by atoms with E-state index in [-0.39, 0.29) is 5.69 Å². The van der Waals surface area contributed by atoms with Crippen molar-refractivity contribution in [2.24, 2.45) is 0 Å². The molecule has 0 fully saturated rings. The van der Waals surface area contributed by atoms with E-state index in [1.807, 2.05) is 0 Å². The van der Waals surface area contributed by atoms with E-state index in [9.17, 15) is 15.0 Å². The number of H-pyrrole nitrogens is 1. The molecule has 2 unspecified atom stereocenters. The second-order valence-corrected chi connectivity index (χ2v) is 6.36. The Morgan fingerprint density at radius 1 is 1.47 bits per heavy atom. The second-order valence-electron chi connectivity index (χ2n) is 4.08. The fourth-order valence-corrected chi connectivity index (χ4v) is 1.84. The lowest BCUT2D eigenvalue weighted by atomic mass is 10.0. The van der Waals surface area contributed by atoms with E-state index in [4.69, 9.17) is 34.8 Å². The molecule has 0 amide bonds. The number of aromatic nitrogens is 1. The van der Waals surface area contributed by atoms with Crippen molar-refractivity contribution in [3.8, 4) is 0 Å². The number of hydrogen-bond donors (Lipinski definition) is 4. The van der Waals surface area contributed by atoms with Crippen LogP contribution in [0.2, 0.25) is 0 Å². The zero-order chi connectivity index (χ0) is 14.6. The summed E-state index contributed by atoms with van der Waals surface area (Å²) in [5, 5.41) is 22.5. The number of aromatic amines is 1. The number of aliphatic hydroxyl groups excluding tert-OH is 2. The molecule has 0 bridgehead atoms. The largest absolute Gasteiger partial charge is 0.390 e. The van der Waals surface area contributed by atoms with Crippen LogP contribution in [-0.2, 0) is 0 Å². The van der Waals surface area contributed by atoms with E-state index in [0.717, 1.165) is 0 Å². The quantitative estimate of drug-likeness (QED) is 0.471. The van der Waals surface area contributed by atoms with Gasteiger partial charge in [0.15, 0.2) is 0 Å². The summed E-state index contributed by atoms with van der Waals surface area (Å²) in [6.07, 6.45) is -0.284. The van der Waals surface area contributed by atoms with Gasteiger partial charge in [-0.05, 0) is 26.1 Å². The number of Topliss-reactive ketones (excluding diaryl/α,β-unsaturated/α-hetero) is 1. The molecule has 1 heterocycles. The highest BCUT2D eigenvalue weighted by Crippen LogP contribution is 2.31. The smallest absolute Gasteiger partial charge is 0.254 e. The maximum absolute atomic E-state index is 11.7. The van der Waals surface area contributed by atoms with Crippen LogP contribution in [0.4, 0.5) is 0 Å². The average molecular weight is 330 g/mol. The Kier molecular flexibility index (Phi) is 6.11. The normalized spacial score (nSPS) is 15.3. The molecule has 8 heteroatoms. The highest BCUT2D eigenvalue weighted by Gasteiger charge is 2.33. The lowest BCUT2D eigenvalue weighted by Gasteiger charge is -2.16. The molecule has 0 aliphatic rings. The minimum atomic E-state index is -2.06. The molecule has 0 aromatic carbocycles. The predicted molar refractivity (Wildman–Crippen MR) is 74.9 cm³/mol. The van der Waals surface area contributed by atoms with E-state index < -0.39 is 21.8 Å². The van der Waals surface area contributed by atoms with Gasteiger partial charge in [-0.3, -0.25) is 4.79 Å². The topological polar surface area (TPSA) is 85.3 Å². The molecule has 19 heavy (non-hydrogen) atoms. The molecule has 5 nitrogen and oxygen atoms in total. The molecule has 0 radical (unpaired) electrons. The van der Waals surface area contributed by atoms with Gasteiger partial charge in [-0.15, -0.1) is 0 Å². The molecule has 4 N–H and O–H groups in total. The van der Waals surface area contributed by atoms with Crippen LogP contribution < -0.4 is 5.32 Å². The van der Waals surface area contributed by atoms with Crippen molar-refractivity contribution < 1.29 is 15.0 Å². The molecule has 0 saturated heterocycles. The Balaban J connectivity index is 2.76. The van der Waals surface area contributed by atoms with Gasteiger partial charge in [0.1, 0.15) is 6.10 Å². The summed E-state index contributed by atoms with van der Waals surface area (Å²) in [5.41, 5.74) is 0.427. The summed E-state index contributed by atoms with van der Waals surface area (Å²) in [7, 11) is 1.74. The summed E-state index contributed by atoms with van der Waals surface area (Å²) in [6, 6.07) is 1.36. The van der Waals surface area contributed by atoms with E-state index in [1.165, 1.54) is 12.3 Å². The first-order valence-electron chi connectivity index (χ1n) is 5.58. The van der Waals surface area contributed by atoms with Crippen molar-refractivity contribution in [1.29, 1.82) is 0 Å². The Morgan fingerprint density at radius 2 is 2.11 bits per heavy atom. The minimum absolute atomic E-state index is 0.0647. The van der Waals surface area contributed by atoms with Gasteiger partial charge in [0, 0.05) is 11.8 Å². The van der Waals surface area contributed by atoms with Gasteiger partial charge in [0.25, 0.3) is 3.79 Å². The summed E-state index contributed by atoms with van der Waals surface area (Å²) < 4.78 is -2.06. The lowest BCUT2D eigenvalue weighted by molar-refractivity contribution is 0.0141. The number of ketones is 1. The summed E-state index contributed by atoms with van der Waals surface area (Å²) in [4.78, 5) is 14.3. The molecule has 1 rings (SSSR count). The summed E-state index contributed by atoms with van der Waals surface area (Å²) >= 11 is 16.4. The molecule has 108 valence electrons. The van der Waals surface area contributed by atoms with Crippen LogP contribution in [0.3, 0.4) is 0 Å². The number of rotatable bonds is 6. The number of aliphatic hydroxyl groups is 2. The first-order chi connectivity index (χ1) is 8.77. The number of alkyl halides is 3. The van der Waals surface area contributed by atoms with Crippen LogP contribution in [-0.4, -0.2) is 44.5 Å². The Labute approximate surface area is 125 Å². The van der Waals surface area contributed by atoms with Crippen LogP contribution in [0.5, 0.6) is 0 Å². The maximum atomic E-state index is 11.7. The first kappa shape index (κ1) is 16.8. The van der Waals surface area contributed by atoms with Gasteiger partial charge in [0.05, 0.1) is 11.8 Å². The van der Waals surface area contributed by atoms with Crippen molar-refractivity contribution >= 4 is 40.6 Å². The number of halogens is 3. The third-order valence-corrected chi connectivity index (χ3v) is 3.12. The van der Waals surface area contributed by atoms with Crippen LogP contribution in [0, 0.1) is 0 Å². The Bertz CT molecular complexity index is 431. The third kappa shape index (κ3) is 4.63. The zero-order valence-corrected chi connectivity index (χ0v) is 12.4. The molecule has 0 aliphatic carbocycles. The minimum Gasteiger partial charge on any atom is -0.390 e. The van der Waals surface area contributed by atoms with Crippen molar-refractivity contribution in [2.75, 3.05) is 13.6 Å². The second kappa shape index (κ2) is 6.92. The highest BCUT2D eigenvalue weighted by atomic mass is 35.6. The van der Waals surface area contributed by atoms with E-state index >= 15 is 0 Å². The molecular formula is C11H15Cl3N2O3. The van der Waals surface area contributed by atoms with Gasteiger partial charge in [-0.2, -0.15) is 0 Å². The fourth-order valence-electron chi connectivity index (χ4n) is 1.54.